The van der Waals surface area contributed by atoms with Gasteiger partial charge in [-0.25, -0.2) is 4.79 Å². The minimum absolute atomic E-state index is 0.125. The highest BCUT2D eigenvalue weighted by atomic mass is 32.1. The molecule has 2 aliphatic rings. The summed E-state index contributed by atoms with van der Waals surface area (Å²) in [5.74, 6) is -0.445. The summed E-state index contributed by atoms with van der Waals surface area (Å²) in [7, 11) is 0. The first kappa shape index (κ1) is 28.5. The molecule has 2 amide bonds. The second-order valence-corrected chi connectivity index (χ2v) is 10.9. The van der Waals surface area contributed by atoms with Crippen molar-refractivity contribution in [1.29, 1.82) is 0 Å². The Morgan fingerprint density at radius 1 is 0.976 bits per heavy atom. The molecule has 1 atom stereocenters. The first-order valence-electron chi connectivity index (χ1n) is 13.6. The van der Waals surface area contributed by atoms with Crippen molar-refractivity contribution in [1.82, 2.24) is 9.80 Å². The lowest BCUT2D eigenvalue weighted by atomic mass is 10.1. The lowest BCUT2D eigenvalue weighted by Crippen LogP contribution is -2.49. The van der Waals surface area contributed by atoms with Crippen LogP contribution in [0, 0.1) is 0 Å². The van der Waals surface area contributed by atoms with E-state index < -0.39 is 0 Å². The van der Waals surface area contributed by atoms with Crippen LogP contribution in [0.1, 0.15) is 27.2 Å². The van der Waals surface area contributed by atoms with E-state index in [0.29, 0.717) is 48.8 Å². The summed E-state index contributed by atoms with van der Waals surface area (Å²) < 4.78 is 11.0. The monoisotopic (exact) mass is 575 g/mol. The molecule has 2 N–H and O–H groups in total. The molecule has 1 unspecified atom stereocenters. The highest BCUT2D eigenvalue weighted by Crippen LogP contribution is 2.23. The number of amides is 2. The van der Waals surface area contributed by atoms with Gasteiger partial charge in [-0.2, -0.15) is 4.99 Å². The second-order valence-electron chi connectivity index (χ2n) is 9.98. The van der Waals surface area contributed by atoms with Crippen LogP contribution in [0.2, 0.25) is 0 Å². The number of cyclic esters (lactones) is 1. The van der Waals surface area contributed by atoms with Crippen molar-refractivity contribution >= 4 is 40.8 Å². The number of thiophene rings is 1. The van der Waals surface area contributed by atoms with Crippen LogP contribution in [0.15, 0.2) is 77.1 Å². The van der Waals surface area contributed by atoms with E-state index in [9.17, 15) is 14.4 Å². The maximum atomic E-state index is 12.6. The summed E-state index contributed by atoms with van der Waals surface area (Å²) in [6.45, 7) is 5.43. The van der Waals surface area contributed by atoms with Crippen molar-refractivity contribution in [3.05, 3.63) is 88.1 Å². The average Bonchev–Trinajstić information content (AvgIpc) is 3.66. The molecule has 0 spiro atoms. The zero-order chi connectivity index (χ0) is 28.6. The summed E-state index contributed by atoms with van der Waals surface area (Å²) in [4.78, 5) is 47.6. The molecular weight excluding hydrogens is 542 g/mol. The topological polar surface area (TPSA) is 118 Å². The molecule has 1 aromatic heterocycles. The van der Waals surface area contributed by atoms with E-state index in [2.05, 4.69) is 14.8 Å². The summed E-state index contributed by atoms with van der Waals surface area (Å²) in [5, 5.41) is 1.81. The number of nitrogens with zero attached hydrogens (tertiary/aromatic N) is 4. The first-order chi connectivity index (χ1) is 19.9. The van der Waals surface area contributed by atoms with Crippen molar-refractivity contribution in [2.24, 2.45) is 10.7 Å². The molecule has 3 heterocycles. The third-order valence-corrected chi connectivity index (χ3v) is 7.96. The maximum Gasteiger partial charge on any atom is 0.414 e. The van der Waals surface area contributed by atoms with E-state index in [-0.39, 0.29) is 29.9 Å². The molecule has 0 radical (unpaired) electrons. The molecule has 0 aliphatic carbocycles. The zero-order valence-electron chi connectivity index (χ0n) is 22.7. The number of amidine groups is 1. The van der Waals surface area contributed by atoms with Gasteiger partial charge in [-0.05, 0) is 41.3 Å². The van der Waals surface area contributed by atoms with Gasteiger partial charge in [0.05, 0.1) is 17.8 Å². The van der Waals surface area contributed by atoms with Gasteiger partial charge in [0.2, 0.25) is 0 Å². The molecular formula is C30H33N5O5S. The molecule has 2 fully saturated rings. The molecule has 11 heteroatoms. The van der Waals surface area contributed by atoms with Gasteiger partial charge in [-0.1, -0.05) is 36.4 Å². The smallest absolute Gasteiger partial charge is 0.414 e. The lowest BCUT2D eigenvalue weighted by molar-refractivity contribution is -0.145. The van der Waals surface area contributed by atoms with Crippen molar-refractivity contribution in [2.45, 2.75) is 19.1 Å². The van der Waals surface area contributed by atoms with Gasteiger partial charge in [0.1, 0.15) is 18.5 Å². The average molecular weight is 576 g/mol. The van der Waals surface area contributed by atoms with Crippen molar-refractivity contribution in [2.75, 3.05) is 50.7 Å². The van der Waals surface area contributed by atoms with Crippen LogP contribution in [0.4, 0.5) is 10.5 Å². The molecule has 0 bridgehead atoms. The number of carbonyl (C=O) groups excluding carboxylic acids is 3. The van der Waals surface area contributed by atoms with Crippen LogP contribution in [-0.4, -0.2) is 85.5 Å². The Balaban J connectivity index is 1.03. The number of nitrogens with two attached hydrogens (primary N) is 1. The third kappa shape index (κ3) is 7.78. The lowest BCUT2D eigenvalue weighted by Gasteiger charge is -2.35. The van der Waals surface area contributed by atoms with Gasteiger partial charge < -0.3 is 20.1 Å². The number of esters is 1. The van der Waals surface area contributed by atoms with Gasteiger partial charge >= 0.3 is 12.1 Å². The standard InChI is InChI=1S/C30H33N5O5S/c31-28(32-29(37)26-7-4-18-41-26)23-8-10-24(11-9-23)35-20-25(40-30(35)38)19-34-16-14-33(15-17-34)13-12-27(36)39-21-22-5-2-1-3-6-22/h1-11,18,25H,12-17,19-21H2,(H2,31,32,37). The van der Waals surface area contributed by atoms with E-state index >= 15 is 0 Å². The first-order valence-corrected chi connectivity index (χ1v) is 14.5. The minimum atomic E-state index is -0.384. The molecule has 2 aliphatic heterocycles. The Labute approximate surface area is 243 Å². The predicted molar refractivity (Wildman–Crippen MR) is 157 cm³/mol. The van der Waals surface area contributed by atoms with Crippen LogP contribution in [0.3, 0.4) is 0 Å². The Morgan fingerprint density at radius 3 is 2.41 bits per heavy atom. The largest absolute Gasteiger partial charge is 0.461 e. The van der Waals surface area contributed by atoms with Crippen LogP contribution in [0.25, 0.3) is 0 Å². The number of aliphatic imine (C=N–C) groups is 1. The molecule has 3 aromatic rings. The van der Waals surface area contributed by atoms with Gasteiger partial charge in [0, 0.05) is 50.5 Å². The molecule has 0 saturated carbocycles. The van der Waals surface area contributed by atoms with Gasteiger partial charge in [0.25, 0.3) is 5.91 Å². The molecule has 2 saturated heterocycles. The second kappa shape index (κ2) is 13.5. The van der Waals surface area contributed by atoms with E-state index in [1.54, 1.807) is 41.3 Å². The highest BCUT2D eigenvalue weighted by Gasteiger charge is 2.34. The fraction of sp³-hybridized carbons (Fsp3) is 0.333. The summed E-state index contributed by atoms with van der Waals surface area (Å²) in [6, 6.07) is 20.2. The number of carbonyl (C=O) groups is 3. The molecule has 2 aromatic carbocycles. The Hall–Kier alpha value is -4.06. The van der Waals surface area contributed by atoms with Crippen molar-refractivity contribution in [3.8, 4) is 0 Å². The number of anilines is 1. The minimum Gasteiger partial charge on any atom is -0.461 e. The Bertz CT molecular complexity index is 1360. The number of ether oxygens (including phenoxy) is 2. The molecule has 214 valence electrons. The highest BCUT2D eigenvalue weighted by molar-refractivity contribution is 7.12. The van der Waals surface area contributed by atoms with Crippen LogP contribution in [0.5, 0.6) is 0 Å². The maximum absolute atomic E-state index is 12.6. The Kier molecular flexibility index (Phi) is 9.40. The summed E-state index contributed by atoms with van der Waals surface area (Å²) >= 11 is 1.31. The van der Waals surface area contributed by atoms with E-state index in [0.717, 1.165) is 31.7 Å². The predicted octanol–water partition coefficient (Wildman–Crippen LogP) is 3.37. The third-order valence-electron chi connectivity index (χ3n) is 7.10. The molecule has 41 heavy (non-hydrogen) atoms. The molecule has 5 rings (SSSR count). The van der Waals surface area contributed by atoms with E-state index in [1.165, 1.54) is 11.3 Å². The quantitative estimate of drug-likeness (QED) is 0.222. The van der Waals surface area contributed by atoms with Gasteiger partial charge in [0.15, 0.2) is 0 Å². The number of hydrogen-bond acceptors (Lipinski definition) is 8. The Morgan fingerprint density at radius 2 is 1.71 bits per heavy atom. The van der Waals surface area contributed by atoms with E-state index in [4.69, 9.17) is 15.2 Å². The fourth-order valence-corrected chi connectivity index (χ4v) is 5.42. The van der Waals surface area contributed by atoms with Crippen LogP contribution in [-0.2, 0) is 20.9 Å². The van der Waals surface area contributed by atoms with Crippen LogP contribution < -0.4 is 10.6 Å². The number of piperazine rings is 1. The number of benzene rings is 2. The normalized spacial score (nSPS) is 18.3. The van der Waals surface area contributed by atoms with Crippen molar-refractivity contribution in [3.63, 3.8) is 0 Å². The summed E-state index contributed by atoms with van der Waals surface area (Å²) in [5.41, 5.74) is 8.31. The number of hydrogen-bond donors (Lipinski definition) is 1. The zero-order valence-corrected chi connectivity index (χ0v) is 23.5. The van der Waals surface area contributed by atoms with Crippen LogP contribution >= 0.6 is 11.3 Å². The number of rotatable bonds is 10. The summed E-state index contributed by atoms with van der Waals surface area (Å²) in [6.07, 6.45) is -0.259. The van der Waals surface area contributed by atoms with Gasteiger partial charge in [-0.3, -0.25) is 19.4 Å². The molecule has 10 nitrogen and oxygen atoms in total. The van der Waals surface area contributed by atoms with Gasteiger partial charge in [-0.15, -0.1) is 11.3 Å². The fourth-order valence-electron chi connectivity index (χ4n) is 4.81. The van der Waals surface area contributed by atoms with Crippen molar-refractivity contribution < 1.29 is 23.9 Å². The van der Waals surface area contributed by atoms with E-state index in [1.807, 2.05) is 35.7 Å². The SMILES string of the molecule is NC(=NC(=O)c1cccs1)c1ccc(N2CC(CN3CCN(CCC(=O)OCc4ccccc4)CC3)OC2=O)cc1.